The zero-order valence-electron chi connectivity index (χ0n) is 25.7. The topological polar surface area (TPSA) is 210 Å². The molecular formula is C29H37N6O9P. The van der Waals surface area contributed by atoms with Gasteiger partial charge in [-0.25, -0.2) is 14.1 Å². The number of esters is 2. The van der Waals surface area contributed by atoms with Crippen LogP contribution in [0.2, 0.25) is 0 Å². The average molecular weight is 645 g/mol. The summed E-state index contributed by atoms with van der Waals surface area (Å²) in [5, 5.41) is 28.7. The first-order valence-electron chi connectivity index (χ1n) is 14.1. The minimum absolute atomic E-state index is 0.128. The molecule has 1 aromatic carbocycles. The number of carbonyl (C=O) groups excluding carboxylic acids is 2. The number of ether oxygens (including phenoxy) is 3. The number of benzene rings is 1. The minimum atomic E-state index is -4.47. The first-order chi connectivity index (χ1) is 21.1. The molecule has 3 aromatic rings. The highest BCUT2D eigenvalue weighted by Gasteiger charge is 2.60. The largest absolute Gasteiger partial charge is 0.462 e. The standard InChI is InChI=1S/C29H37N6O9P/c1-17(2)41-26(37)18(3)34-45(39,44-19-10-8-7-9-11-19)40-15-29(14-30)24(36)23(42-27(38)28(4,5)6)22(43-29)20-12-13-21-25(31)32-16-33-35(20)21/h7-13,16-18,22-24,36H,15H2,1-6H3,(H,34,39)(H2,31,32,33)/t18-,22-,23-,24-,29+,45-/m0/s1. The van der Waals surface area contributed by atoms with Crippen LogP contribution in [0.4, 0.5) is 5.82 Å². The van der Waals surface area contributed by atoms with E-state index in [0.717, 1.165) is 0 Å². The van der Waals surface area contributed by atoms with E-state index in [2.05, 4.69) is 15.2 Å². The summed E-state index contributed by atoms with van der Waals surface area (Å²) in [6, 6.07) is 11.9. The molecule has 15 nitrogen and oxygen atoms in total. The molecule has 1 aliphatic rings. The number of nitrogen functional groups attached to an aromatic ring is 1. The molecule has 0 amide bonds. The Hall–Kier alpha value is -4.06. The number of hydrogen-bond donors (Lipinski definition) is 3. The lowest BCUT2D eigenvalue weighted by Crippen LogP contribution is -2.48. The van der Waals surface area contributed by atoms with Crippen LogP contribution in [0.5, 0.6) is 5.75 Å². The molecular weight excluding hydrogens is 607 g/mol. The van der Waals surface area contributed by atoms with E-state index in [4.69, 9.17) is 29.0 Å². The predicted molar refractivity (Wildman–Crippen MR) is 159 cm³/mol. The van der Waals surface area contributed by atoms with Crippen molar-refractivity contribution in [3.05, 3.63) is 54.5 Å². The summed E-state index contributed by atoms with van der Waals surface area (Å²) in [4.78, 5) is 29.5. The zero-order valence-corrected chi connectivity index (χ0v) is 26.6. The van der Waals surface area contributed by atoms with Crippen LogP contribution in [-0.2, 0) is 32.9 Å². The smallest absolute Gasteiger partial charge is 0.459 e. The molecule has 2 aromatic heterocycles. The summed E-state index contributed by atoms with van der Waals surface area (Å²) in [5.74, 6) is -1.12. The van der Waals surface area contributed by atoms with Crippen LogP contribution >= 0.6 is 7.75 Å². The molecule has 0 aliphatic carbocycles. The van der Waals surface area contributed by atoms with Gasteiger partial charge in [0.15, 0.2) is 11.9 Å². The average Bonchev–Trinajstić information content (AvgIpc) is 3.52. The van der Waals surface area contributed by atoms with Crippen molar-refractivity contribution >= 4 is 31.0 Å². The molecule has 6 atom stereocenters. The molecule has 45 heavy (non-hydrogen) atoms. The summed E-state index contributed by atoms with van der Waals surface area (Å²) < 4.78 is 43.9. The molecule has 1 saturated heterocycles. The normalized spacial score (nSPS) is 23.7. The van der Waals surface area contributed by atoms with Gasteiger partial charge in [0, 0.05) is 0 Å². The lowest BCUT2D eigenvalue weighted by Gasteiger charge is -2.29. The molecule has 0 saturated carbocycles. The van der Waals surface area contributed by atoms with Gasteiger partial charge in [0.05, 0.1) is 17.2 Å². The number of para-hydroxylation sites is 1. The van der Waals surface area contributed by atoms with Crippen LogP contribution in [0.3, 0.4) is 0 Å². The maximum Gasteiger partial charge on any atom is 0.459 e. The fourth-order valence-corrected chi connectivity index (χ4v) is 5.92. The predicted octanol–water partition coefficient (Wildman–Crippen LogP) is 3.10. The van der Waals surface area contributed by atoms with E-state index in [1.54, 1.807) is 65.0 Å². The monoisotopic (exact) mass is 644 g/mol. The molecule has 4 rings (SSSR count). The second-order valence-electron chi connectivity index (χ2n) is 11.8. The SMILES string of the molecule is CC(C)OC(=O)[C@H](C)N[P@](=O)(OC[C@@]1(C#N)O[C@@H](c2ccc3c(N)ncnn23)[C@H](OC(=O)C(C)(C)C)[C@@H]1O)Oc1ccccc1. The second-order valence-corrected chi connectivity index (χ2v) is 13.5. The lowest BCUT2D eigenvalue weighted by molar-refractivity contribution is -0.165. The van der Waals surface area contributed by atoms with Crippen molar-refractivity contribution < 1.29 is 42.5 Å². The van der Waals surface area contributed by atoms with Crippen molar-refractivity contribution in [3.63, 3.8) is 0 Å². The number of aromatic nitrogens is 3. The lowest BCUT2D eigenvalue weighted by atomic mass is 9.94. The summed E-state index contributed by atoms with van der Waals surface area (Å²) in [6.45, 7) is 8.76. The van der Waals surface area contributed by atoms with E-state index >= 15 is 0 Å². The number of nitriles is 1. The number of nitrogens with two attached hydrogens (primary N) is 1. The first-order valence-corrected chi connectivity index (χ1v) is 15.7. The van der Waals surface area contributed by atoms with E-state index in [0.29, 0.717) is 5.52 Å². The fourth-order valence-electron chi connectivity index (χ4n) is 4.40. The highest BCUT2D eigenvalue weighted by molar-refractivity contribution is 7.52. The Labute approximate surface area is 260 Å². The van der Waals surface area contributed by atoms with Crippen LogP contribution < -0.4 is 15.3 Å². The number of aliphatic hydroxyl groups is 1. The van der Waals surface area contributed by atoms with E-state index in [1.165, 1.54) is 29.9 Å². The number of nitrogens with one attached hydrogen (secondary N) is 1. The van der Waals surface area contributed by atoms with Crippen LogP contribution in [0, 0.1) is 16.7 Å². The van der Waals surface area contributed by atoms with Gasteiger partial charge in [-0.05, 0) is 65.8 Å². The van der Waals surface area contributed by atoms with E-state index in [9.17, 15) is 24.5 Å². The number of nitrogens with zero attached hydrogens (tertiary/aromatic N) is 4. The van der Waals surface area contributed by atoms with Crippen molar-refractivity contribution in [2.24, 2.45) is 5.41 Å². The summed E-state index contributed by atoms with van der Waals surface area (Å²) in [6.07, 6.45) is -3.73. The maximum absolute atomic E-state index is 14.1. The van der Waals surface area contributed by atoms with Crippen LogP contribution in [0.1, 0.15) is 53.3 Å². The highest BCUT2D eigenvalue weighted by Crippen LogP contribution is 2.49. The number of rotatable bonds is 11. The number of hydrogen-bond acceptors (Lipinski definition) is 13. The quantitative estimate of drug-likeness (QED) is 0.202. The van der Waals surface area contributed by atoms with E-state index in [-0.39, 0.29) is 17.3 Å². The van der Waals surface area contributed by atoms with Crippen LogP contribution in [0.25, 0.3) is 5.52 Å². The van der Waals surface area contributed by atoms with Gasteiger partial charge < -0.3 is 29.6 Å². The third-order valence-electron chi connectivity index (χ3n) is 6.75. The van der Waals surface area contributed by atoms with Crippen molar-refractivity contribution in [2.45, 2.75) is 77.6 Å². The number of fused-ring (bicyclic) bond motifs is 1. The highest BCUT2D eigenvalue weighted by atomic mass is 31.2. The fraction of sp³-hybridized carbons (Fsp3) is 0.483. The molecule has 3 heterocycles. The molecule has 0 spiro atoms. The van der Waals surface area contributed by atoms with E-state index < -0.39 is 67.8 Å². The third-order valence-corrected chi connectivity index (χ3v) is 8.37. The Balaban J connectivity index is 1.69. The van der Waals surface area contributed by atoms with Crippen LogP contribution in [0.15, 0.2) is 48.8 Å². The second kappa shape index (κ2) is 13.1. The Morgan fingerprint density at radius 2 is 1.91 bits per heavy atom. The van der Waals surface area contributed by atoms with Gasteiger partial charge in [0.25, 0.3) is 0 Å². The molecule has 4 N–H and O–H groups in total. The molecule has 0 unspecified atom stereocenters. The Kier molecular flexibility index (Phi) is 9.86. The van der Waals surface area contributed by atoms with Crippen molar-refractivity contribution in [1.29, 1.82) is 5.26 Å². The van der Waals surface area contributed by atoms with Crippen molar-refractivity contribution in [1.82, 2.24) is 19.7 Å². The van der Waals surface area contributed by atoms with Gasteiger partial charge in [-0.2, -0.15) is 15.4 Å². The maximum atomic E-state index is 14.1. The number of carbonyl (C=O) groups is 2. The Morgan fingerprint density at radius 1 is 1.22 bits per heavy atom. The first kappa shape index (κ1) is 33.8. The number of aliphatic hydroxyl groups excluding tert-OH is 1. The molecule has 16 heteroatoms. The summed E-state index contributed by atoms with van der Waals surface area (Å²) in [5.41, 5.74) is 3.47. The van der Waals surface area contributed by atoms with Gasteiger partial charge in [-0.3, -0.25) is 14.1 Å². The minimum Gasteiger partial charge on any atom is -0.462 e. The van der Waals surface area contributed by atoms with Crippen molar-refractivity contribution in [3.8, 4) is 11.8 Å². The van der Waals surface area contributed by atoms with Gasteiger partial charge in [0.2, 0.25) is 5.60 Å². The zero-order chi connectivity index (χ0) is 33.2. The third kappa shape index (κ3) is 7.43. The van der Waals surface area contributed by atoms with Crippen LogP contribution in [-0.4, -0.2) is 68.2 Å². The van der Waals surface area contributed by atoms with Crippen molar-refractivity contribution in [2.75, 3.05) is 12.3 Å². The molecule has 242 valence electrons. The molecule has 1 aliphatic heterocycles. The molecule has 0 radical (unpaired) electrons. The number of anilines is 1. The van der Waals surface area contributed by atoms with Gasteiger partial charge in [-0.15, -0.1) is 0 Å². The van der Waals surface area contributed by atoms with Gasteiger partial charge >= 0.3 is 19.7 Å². The molecule has 1 fully saturated rings. The summed E-state index contributed by atoms with van der Waals surface area (Å²) in [7, 11) is -4.47. The van der Waals surface area contributed by atoms with Gasteiger partial charge in [0.1, 0.15) is 48.5 Å². The van der Waals surface area contributed by atoms with E-state index in [1.807, 2.05) is 6.07 Å². The summed E-state index contributed by atoms with van der Waals surface area (Å²) >= 11 is 0. The van der Waals surface area contributed by atoms with Gasteiger partial charge in [-0.1, -0.05) is 18.2 Å². The molecule has 0 bridgehead atoms. The Morgan fingerprint density at radius 3 is 2.53 bits per heavy atom. The Bertz CT molecular complexity index is 1620.